The van der Waals surface area contributed by atoms with E-state index in [-0.39, 0.29) is 0 Å². The molecular formula is C31H31N2+. The lowest BCUT2D eigenvalue weighted by molar-refractivity contribution is -0.643. The third-order valence-electron chi connectivity index (χ3n) is 8.74. The maximum atomic E-state index is 2.59. The Morgan fingerprint density at radius 3 is 2.42 bits per heavy atom. The van der Waals surface area contributed by atoms with Crippen LogP contribution in [-0.4, -0.2) is 4.40 Å². The molecule has 3 heterocycles. The molecule has 2 heteroatoms. The van der Waals surface area contributed by atoms with Gasteiger partial charge in [0.05, 0.1) is 27.3 Å². The molecular weight excluding hydrogens is 400 g/mol. The molecule has 6 aromatic rings. The second-order valence-corrected chi connectivity index (χ2v) is 10.5. The lowest BCUT2D eigenvalue weighted by atomic mass is 9.91. The summed E-state index contributed by atoms with van der Waals surface area (Å²) in [5.74, 6) is 0.846. The lowest BCUT2D eigenvalue weighted by Crippen LogP contribution is -2.29. The van der Waals surface area contributed by atoms with Crippen molar-refractivity contribution in [3.8, 4) is 0 Å². The standard InChI is InChI=1S/C31H31N2/c1-18-19(2)27-24-11-7-8-12-25(24)33-26-17-22(15-21-9-5-6-10-21)16-23-13-14-32(4)30(29(23)26)28(20(18)3)31(27)33/h7-8,11-14,16-17,21H,5-6,9-10,15H2,1-4H3/q+1. The molecule has 0 unspecified atom stereocenters. The quantitative estimate of drug-likeness (QED) is 0.153. The molecule has 3 aromatic heterocycles. The van der Waals surface area contributed by atoms with Crippen molar-refractivity contribution in [2.75, 3.05) is 0 Å². The number of hydrogen-bond donors (Lipinski definition) is 0. The predicted molar refractivity (Wildman–Crippen MR) is 140 cm³/mol. The molecule has 0 radical (unpaired) electrons. The monoisotopic (exact) mass is 431 g/mol. The number of benzene rings is 3. The average Bonchev–Trinajstić information content (AvgIpc) is 3.45. The van der Waals surface area contributed by atoms with E-state index in [4.69, 9.17) is 0 Å². The number of hydrogen-bond acceptors (Lipinski definition) is 0. The smallest absolute Gasteiger partial charge is 0.224 e. The van der Waals surface area contributed by atoms with Crippen LogP contribution in [0.2, 0.25) is 0 Å². The van der Waals surface area contributed by atoms with Crippen LogP contribution in [0.1, 0.15) is 47.9 Å². The van der Waals surface area contributed by atoms with Gasteiger partial charge in [-0.1, -0.05) is 49.9 Å². The van der Waals surface area contributed by atoms with Crippen molar-refractivity contribution in [3.05, 3.63) is 70.9 Å². The maximum absolute atomic E-state index is 2.59. The largest absolute Gasteiger partial charge is 0.307 e. The van der Waals surface area contributed by atoms with E-state index in [0.717, 1.165) is 5.92 Å². The van der Waals surface area contributed by atoms with E-state index in [9.17, 15) is 0 Å². The summed E-state index contributed by atoms with van der Waals surface area (Å²) in [6, 6.07) is 16.3. The molecule has 0 amide bonds. The van der Waals surface area contributed by atoms with Gasteiger partial charge in [-0.3, -0.25) is 0 Å². The average molecular weight is 432 g/mol. The molecule has 33 heavy (non-hydrogen) atoms. The Labute approximate surface area is 194 Å². The summed E-state index contributed by atoms with van der Waals surface area (Å²) >= 11 is 0. The van der Waals surface area contributed by atoms with E-state index >= 15 is 0 Å². The molecule has 1 aliphatic carbocycles. The van der Waals surface area contributed by atoms with E-state index in [1.807, 2.05) is 0 Å². The van der Waals surface area contributed by atoms with E-state index in [1.54, 1.807) is 0 Å². The molecule has 0 N–H and O–H groups in total. The van der Waals surface area contributed by atoms with Crippen LogP contribution in [-0.2, 0) is 13.5 Å². The minimum atomic E-state index is 0.846. The summed E-state index contributed by atoms with van der Waals surface area (Å²) in [5.41, 5.74) is 11.2. The second-order valence-electron chi connectivity index (χ2n) is 10.5. The number of aromatic nitrogens is 2. The maximum Gasteiger partial charge on any atom is 0.224 e. The Hall–Kier alpha value is -3.13. The van der Waals surface area contributed by atoms with Crippen molar-refractivity contribution in [1.29, 1.82) is 0 Å². The molecule has 0 spiro atoms. The molecule has 0 saturated heterocycles. The van der Waals surface area contributed by atoms with Gasteiger partial charge in [0.1, 0.15) is 7.05 Å². The minimum Gasteiger partial charge on any atom is -0.307 e. The van der Waals surface area contributed by atoms with Crippen LogP contribution in [0, 0.1) is 26.7 Å². The molecule has 0 bridgehead atoms. The summed E-state index contributed by atoms with van der Waals surface area (Å²) in [4.78, 5) is 0. The Morgan fingerprint density at radius 1 is 0.848 bits per heavy atom. The molecule has 164 valence electrons. The van der Waals surface area contributed by atoms with Crippen molar-refractivity contribution < 1.29 is 4.57 Å². The number of rotatable bonds is 2. The van der Waals surface area contributed by atoms with Crippen molar-refractivity contribution >= 4 is 49.0 Å². The summed E-state index contributed by atoms with van der Waals surface area (Å²) in [6.07, 6.45) is 9.05. The fraction of sp³-hybridized carbons (Fsp3) is 0.323. The zero-order chi connectivity index (χ0) is 22.4. The van der Waals surface area contributed by atoms with Crippen LogP contribution in [0.4, 0.5) is 0 Å². The highest BCUT2D eigenvalue weighted by Crippen LogP contribution is 2.43. The van der Waals surface area contributed by atoms with Gasteiger partial charge in [0.25, 0.3) is 0 Å². The Balaban J connectivity index is 1.77. The number of nitrogens with zero attached hydrogens (tertiary/aromatic N) is 2. The predicted octanol–water partition coefficient (Wildman–Crippen LogP) is 7.47. The van der Waals surface area contributed by atoms with Crippen molar-refractivity contribution in [1.82, 2.24) is 4.40 Å². The van der Waals surface area contributed by atoms with Crippen LogP contribution in [0.15, 0.2) is 48.7 Å². The van der Waals surface area contributed by atoms with Gasteiger partial charge in [0, 0.05) is 16.8 Å². The topological polar surface area (TPSA) is 8.29 Å². The third kappa shape index (κ3) is 2.47. The molecule has 1 aliphatic rings. The first-order valence-corrected chi connectivity index (χ1v) is 12.5. The molecule has 0 atom stereocenters. The molecule has 1 saturated carbocycles. The van der Waals surface area contributed by atoms with E-state index in [1.165, 1.54) is 103 Å². The minimum absolute atomic E-state index is 0.846. The number of aryl methyl sites for hydroxylation is 3. The molecule has 3 aromatic carbocycles. The number of fused-ring (bicyclic) bond motifs is 5. The molecule has 0 aliphatic heterocycles. The van der Waals surface area contributed by atoms with Gasteiger partial charge in [-0.25, -0.2) is 4.57 Å². The van der Waals surface area contributed by atoms with Gasteiger partial charge < -0.3 is 4.40 Å². The zero-order valence-corrected chi connectivity index (χ0v) is 20.1. The first-order valence-electron chi connectivity index (χ1n) is 12.5. The first-order chi connectivity index (χ1) is 16.0. The zero-order valence-electron chi connectivity index (χ0n) is 20.1. The van der Waals surface area contributed by atoms with E-state index < -0.39 is 0 Å². The summed E-state index contributed by atoms with van der Waals surface area (Å²) in [7, 11) is 2.21. The summed E-state index contributed by atoms with van der Waals surface area (Å²) in [5, 5.41) is 6.99. The molecule has 2 nitrogen and oxygen atoms in total. The Bertz CT molecular complexity index is 1730. The van der Waals surface area contributed by atoms with Crippen molar-refractivity contribution in [3.63, 3.8) is 0 Å². The second kappa shape index (κ2) is 6.70. The number of para-hydroxylation sites is 1. The fourth-order valence-corrected chi connectivity index (χ4v) is 6.92. The molecule has 7 rings (SSSR count). The van der Waals surface area contributed by atoms with Gasteiger partial charge in [0.2, 0.25) is 5.52 Å². The van der Waals surface area contributed by atoms with Gasteiger partial charge >= 0.3 is 0 Å². The normalized spacial score (nSPS) is 15.4. The van der Waals surface area contributed by atoms with Gasteiger partial charge in [0.15, 0.2) is 6.20 Å². The highest BCUT2D eigenvalue weighted by Gasteiger charge is 2.26. The fourth-order valence-electron chi connectivity index (χ4n) is 6.92. The first kappa shape index (κ1) is 19.3. The van der Waals surface area contributed by atoms with Crippen LogP contribution < -0.4 is 4.57 Å². The van der Waals surface area contributed by atoms with E-state index in [2.05, 4.69) is 85.4 Å². The van der Waals surface area contributed by atoms with Crippen LogP contribution in [0.3, 0.4) is 0 Å². The van der Waals surface area contributed by atoms with Crippen LogP contribution >= 0.6 is 0 Å². The summed E-state index contributed by atoms with van der Waals surface area (Å²) < 4.78 is 4.94. The van der Waals surface area contributed by atoms with Crippen LogP contribution in [0.25, 0.3) is 49.0 Å². The Morgan fingerprint density at radius 2 is 1.61 bits per heavy atom. The van der Waals surface area contributed by atoms with Gasteiger partial charge in [-0.2, -0.15) is 0 Å². The third-order valence-corrected chi connectivity index (χ3v) is 8.74. The lowest BCUT2D eigenvalue weighted by Gasteiger charge is -2.17. The highest BCUT2D eigenvalue weighted by atomic mass is 15.0. The van der Waals surface area contributed by atoms with E-state index in [0.29, 0.717) is 0 Å². The summed E-state index contributed by atoms with van der Waals surface area (Å²) in [6.45, 7) is 6.93. The molecule has 1 fully saturated rings. The van der Waals surface area contributed by atoms with Crippen molar-refractivity contribution in [2.45, 2.75) is 52.9 Å². The number of pyridine rings is 2. The Kier molecular flexibility index (Phi) is 3.93. The van der Waals surface area contributed by atoms with Gasteiger partial charge in [-0.15, -0.1) is 0 Å². The van der Waals surface area contributed by atoms with Crippen LogP contribution in [0.5, 0.6) is 0 Å². The highest BCUT2D eigenvalue weighted by molar-refractivity contribution is 6.26. The van der Waals surface area contributed by atoms with Gasteiger partial charge in [-0.05, 0) is 72.9 Å². The van der Waals surface area contributed by atoms with Crippen molar-refractivity contribution in [2.24, 2.45) is 13.0 Å². The SMILES string of the molecule is Cc1c(C)c2c3ccccc3n3c4cc(CC5CCCC5)cc5cc[n+](C)c(c(c1C)c23)c54.